The Kier molecular flexibility index (Phi) is 4.16. The Bertz CT molecular complexity index is 456. The summed E-state index contributed by atoms with van der Waals surface area (Å²) in [5.74, 6) is 1.42. The summed E-state index contributed by atoms with van der Waals surface area (Å²) < 4.78 is 0. The minimum absolute atomic E-state index is 0.675. The first-order chi connectivity index (χ1) is 8.70. The molecular weight excluding hydrogens is 224 g/mol. The molecule has 1 saturated heterocycles. The summed E-state index contributed by atoms with van der Waals surface area (Å²) in [6, 6.07) is 4.19. The van der Waals surface area contributed by atoms with Gasteiger partial charge in [0.25, 0.3) is 0 Å². The Balaban J connectivity index is 2.06. The maximum Gasteiger partial charge on any atom is 0.144 e. The number of nitrogens with one attached hydrogen (secondary N) is 2. The number of hydrogen-bond donors (Lipinski definition) is 2. The second-order valence-electron chi connectivity index (χ2n) is 4.99. The monoisotopic (exact) mass is 244 g/mol. The smallest absolute Gasteiger partial charge is 0.144 e. The highest BCUT2D eigenvalue weighted by Gasteiger charge is 2.14. The van der Waals surface area contributed by atoms with Crippen molar-refractivity contribution in [2.75, 3.05) is 25.0 Å². The van der Waals surface area contributed by atoms with E-state index < -0.39 is 0 Å². The van der Waals surface area contributed by atoms with Crippen molar-refractivity contribution in [1.29, 1.82) is 5.26 Å². The number of aromatic nitrogens is 1. The normalized spacial score (nSPS) is 16.3. The Hall–Kier alpha value is -1.60. The topological polar surface area (TPSA) is 60.7 Å². The molecule has 1 fully saturated rings. The zero-order chi connectivity index (χ0) is 13.0. The molecule has 4 nitrogen and oxygen atoms in total. The van der Waals surface area contributed by atoms with Crippen LogP contribution in [0.3, 0.4) is 0 Å². The van der Waals surface area contributed by atoms with Crippen molar-refractivity contribution in [3.05, 3.63) is 22.9 Å². The SMILES string of the molecule is Cc1cc(C)c(C#N)c(NCC2CCNCC2)n1. The van der Waals surface area contributed by atoms with Crippen LogP contribution in [0.5, 0.6) is 0 Å². The number of anilines is 1. The molecule has 0 spiro atoms. The lowest BCUT2D eigenvalue weighted by Crippen LogP contribution is -2.31. The molecule has 0 aliphatic carbocycles. The van der Waals surface area contributed by atoms with E-state index >= 15 is 0 Å². The predicted octanol–water partition coefficient (Wildman–Crippen LogP) is 1.98. The van der Waals surface area contributed by atoms with Crippen LogP contribution in [0.15, 0.2) is 6.07 Å². The van der Waals surface area contributed by atoms with E-state index in [9.17, 15) is 5.26 Å². The van der Waals surface area contributed by atoms with Crippen LogP contribution < -0.4 is 10.6 Å². The van der Waals surface area contributed by atoms with Crippen LogP contribution in [-0.2, 0) is 0 Å². The summed E-state index contributed by atoms with van der Waals surface area (Å²) >= 11 is 0. The van der Waals surface area contributed by atoms with Gasteiger partial charge in [-0.15, -0.1) is 0 Å². The molecule has 0 atom stereocenters. The first-order valence-corrected chi connectivity index (χ1v) is 6.53. The van der Waals surface area contributed by atoms with Crippen LogP contribution in [0.4, 0.5) is 5.82 Å². The van der Waals surface area contributed by atoms with E-state index in [-0.39, 0.29) is 0 Å². The van der Waals surface area contributed by atoms with Crippen molar-refractivity contribution in [3.63, 3.8) is 0 Å². The summed E-state index contributed by atoms with van der Waals surface area (Å²) in [4.78, 5) is 4.44. The van der Waals surface area contributed by atoms with E-state index in [4.69, 9.17) is 0 Å². The van der Waals surface area contributed by atoms with Gasteiger partial charge < -0.3 is 10.6 Å². The molecule has 1 aliphatic rings. The highest BCUT2D eigenvalue weighted by molar-refractivity contribution is 5.56. The van der Waals surface area contributed by atoms with Crippen molar-refractivity contribution in [2.45, 2.75) is 26.7 Å². The van der Waals surface area contributed by atoms with E-state index in [1.54, 1.807) is 0 Å². The van der Waals surface area contributed by atoms with Crippen molar-refractivity contribution in [3.8, 4) is 6.07 Å². The average molecular weight is 244 g/mol. The number of hydrogen-bond acceptors (Lipinski definition) is 4. The molecule has 0 aromatic carbocycles. The second kappa shape index (κ2) is 5.83. The number of pyridine rings is 1. The molecule has 1 aromatic heterocycles. The number of aryl methyl sites for hydroxylation is 2. The zero-order valence-electron chi connectivity index (χ0n) is 11.1. The summed E-state index contributed by atoms with van der Waals surface area (Å²) in [6.07, 6.45) is 2.39. The van der Waals surface area contributed by atoms with Crippen LogP contribution in [-0.4, -0.2) is 24.6 Å². The quantitative estimate of drug-likeness (QED) is 0.853. The van der Waals surface area contributed by atoms with Crippen molar-refractivity contribution in [2.24, 2.45) is 5.92 Å². The van der Waals surface area contributed by atoms with Gasteiger partial charge in [-0.2, -0.15) is 5.26 Å². The minimum atomic E-state index is 0.675. The van der Waals surface area contributed by atoms with E-state index in [0.717, 1.165) is 36.7 Å². The average Bonchev–Trinajstić information content (AvgIpc) is 2.37. The molecule has 0 bridgehead atoms. The van der Waals surface area contributed by atoms with E-state index in [0.29, 0.717) is 11.5 Å². The highest BCUT2D eigenvalue weighted by atomic mass is 15.0. The van der Waals surface area contributed by atoms with Gasteiger partial charge in [0.15, 0.2) is 0 Å². The molecule has 1 aromatic rings. The second-order valence-corrected chi connectivity index (χ2v) is 4.99. The van der Waals surface area contributed by atoms with Crippen LogP contribution in [0.2, 0.25) is 0 Å². The maximum absolute atomic E-state index is 9.19. The van der Waals surface area contributed by atoms with Crippen LogP contribution >= 0.6 is 0 Å². The largest absolute Gasteiger partial charge is 0.369 e. The lowest BCUT2D eigenvalue weighted by molar-refractivity contribution is 0.389. The molecule has 1 aliphatic heterocycles. The molecule has 2 N–H and O–H groups in total. The lowest BCUT2D eigenvalue weighted by Gasteiger charge is -2.23. The Morgan fingerprint density at radius 2 is 2.17 bits per heavy atom. The first-order valence-electron chi connectivity index (χ1n) is 6.53. The van der Waals surface area contributed by atoms with Crippen LogP contribution in [0, 0.1) is 31.1 Å². The molecular formula is C14H20N4. The summed E-state index contributed by atoms with van der Waals surface area (Å²) in [5, 5.41) is 15.9. The Morgan fingerprint density at radius 3 is 2.83 bits per heavy atom. The fourth-order valence-corrected chi connectivity index (χ4v) is 2.43. The maximum atomic E-state index is 9.19. The van der Waals surface area contributed by atoms with Gasteiger partial charge >= 0.3 is 0 Å². The van der Waals surface area contributed by atoms with Gasteiger partial charge in [0.05, 0.1) is 5.56 Å². The molecule has 18 heavy (non-hydrogen) atoms. The number of nitrogens with zero attached hydrogens (tertiary/aromatic N) is 2. The predicted molar refractivity (Wildman–Crippen MR) is 72.5 cm³/mol. The summed E-state index contributed by atoms with van der Waals surface area (Å²) in [7, 11) is 0. The minimum Gasteiger partial charge on any atom is -0.369 e. The molecule has 2 heterocycles. The van der Waals surface area contributed by atoms with Crippen molar-refractivity contribution >= 4 is 5.82 Å². The Morgan fingerprint density at radius 1 is 1.44 bits per heavy atom. The van der Waals surface area contributed by atoms with Crippen LogP contribution in [0.1, 0.15) is 29.7 Å². The van der Waals surface area contributed by atoms with Crippen molar-refractivity contribution < 1.29 is 0 Å². The van der Waals surface area contributed by atoms with Gasteiger partial charge in [-0.1, -0.05) is 0 Å². The number of rotatable bonds is 3. The van der Waals surface area contributed by atoms with Crippen LogP contribution in [0.25, 0.3) is 0 Å². The summed E-state index contributed by atoms with van der Waals surface area (Å²) in [6.45, 7) is 7.02. The third kappa shape index (κ3) is 2.99. The van der Waals surface area contributed by atoms with Gasteiger partial charge in [-0.3, -0.25) is 0 Å². The molecule has 0 saturated carbocycles. The van der Waals surface area contributed by atoms with E-state index in [2.05, 4.69) is 21.7 Å². The third-order valence-electron chi connectivity index (χ3n) is 3.47. The van der Waals surface area contributed by atoms with Gasteiger partial charge in [-0.25, -0.2) is 4.98 Å². The molecule has 0 radical (unpaired) electrons. The van der Waals surface area contributed by atoms with Gasteiger partial charge in [0, 0.05) is 12.2 Å². The third-order valence-corrected chi connectivity index (χ3v) is 3.47. The zero-order valence-corrected chi connectivity index (χ0v) is 11.1. The fraction of sp³-hybridized carbons (Fsp3) is 0.571. The highest BCUT2D eigenvalue weighted by Crippen LogP contribution is 2.19. The van der Waals surface area contributed by atoms with E-state index in [1.807, 2.05) is 19.9 Å². The summed E-state index contributed by atoms with van der Waals surface area (Å²) in [5.41, 5.74) is 2.63. The molecule has 4 heteroatoms. The van der Waals surface area contributed by atoms with Gasteiger partial charge in [-0.05, 0) is 57.3 Å². The first kappa shape index (κ1) is 12.8. The fourth-order valence-electron chi connectivity index (χ4n) is 2.43. The molecule has 0 unspecified atom stereocenters. The Labute approximate surface area is 108 Å². The lowest BCUT2D eigenvalue weighted by atomic mass is 9.98. The van der Waals surface area contributed by atoms with Gasteiger partial charge in [0.2, 0.25) is 0 Å². The number of nitriles is 1. The molecule has 2 rings (SSSR count). The van der Waals surface area contributed by atoms with E-state index in [1.165, 1.54) is 12.8 Å². The van der Waals surface area contributed by atoms with Gasteiger partial charge in [0.1, 0.15) is 11.9 Å². The standard InChI is InChI=1S/C14H20N4/c1-10-7-11(2)18-14(13(10)8-15)17-9-12-3-5-16-6-4-12/h7,12,16H,3-6,9H2,1-2H3,(H,17,18). The van der Waals surface area contributed by atoms with Crippen molar-refractivity contribution in [1.82, 2.24) is 10.3 Å². The molecule has 0 amide bonds. The molecule has 96 valence electrons. The number of piperidine rings is 1.